The van der Waals surface area contributed by atoms with Crippen LogP contribution in [0.4, 0.5) is 5.69 Å². The van der Waals surface area contributed by atoms with Gasteiger partial charge in [0.05, 0.1) is 172 Å². The Kier molecular flexibility index (Phi) is 51.5. The molecule has 1 atom stereocenters. The molecule has 0 aliphatic carbocycles. The Bertz CT molecular complexity index is 1760. The molecule has 0 aliphatic rings. The summed E-state index contributed by atoms with van der Waals surface area (Å²) in [6, 6.07) is 4.70. The van der Waals surface area contributed by atoms with Crippen LogP contribution >= 0.6 is 0 Å². The standard InChI is InChI=1S/C57H99N3O23/c1-48(61)53-10-9-52(43-54(53)58)82-45-51(64)8-6-18-71-32-37-78-41-42-79-38-33-72-19-12-50(63)44-57(83-22-14-56(66)60-16-24-74-35-40-77-30-27-69-4,46-80-20-11-49(62)7-5-17-70-31-36-75-28-25-67-2)47-81-21-13-55(65)59-15-23-73-34-39-76-29-26-68-3/h9-10,43H,5-8,11-42,44-47,58H2,1-4H3,(H,59,65)(H,60,66). The van der Waals surface area contributed by atoms with E-state index < -0.39 is 5.60 Å². The summed E-state index contributed by atoms with van der Waals surface area (Å²) in [6.45, 7) is 9.90. The Morgan fingerprint density at radius 3 is 1.27 bits per heavy atom. The highest BCUT2D eigenvalue weighted by molar-refractivity contribution is 5.99. The molecule has 1 rings (SSSR count). The van der Waals surface area contributed by atoms with Crippen LogP contribution in [0.2, 0.25) is 0 Å². The van der Waals surface area contributed by atoms with Gasteiger partial charge in [0.2, 0.25) is 11.8 Å². The number of nitrogens with one attached hydrogen (secondary N) is 2. The summed E-state index contributed by atoms with van der Waals surface area (Å²) >= 11 is 0. The van der Waals surface area contributed by atoms with Crippen LogP contribution in [-0.2, 0) is 99.8 Å². The molecular formula is C57H99N3O23. The van der Waals surface area contributed by atoms with Crippen LogP contribution in [0.1, 0.15) is 75.1 Å². The lowest BCUT2D eigenvalue weighted by Gasteiger charge is -2.33. The number of carbonyl (C=O) groups is 6. The fourth-order valence-corrected chi connectivity index (χ4v) is 7.05. The molecule has 1 aromatic rings. The molecule has 0 fully saturated rings. The summed E-state index contributed by atoms with van der Waals surface area (Å²) in [5.41, 5.74) is 5.18. The van der Waals surface area contributed by atoms with Crippen molar-refractivity contribution >= 4 is 40.6 Å². The Morgan fingerprint density at radius 1 is 0.422 bits per heavy atom. The van der Waals surface area contributed by atoms with Crippen LogP contribution < -0.4 is 21.1 Å². The SMILES string of the molecule is COCCOCCOCCCC(=O)CCOCC(COCCC(=O)NCCOCCOCCOC)(CC(=O)CCOCCOCCOCCOCCCC(=O)COc1ccc(C(C)=O)c(N)c1)OCCC(=O)NCCOCCOCCOC. The Morgan fingerprint density at radius 2 is 0.807 bits per heavy atom. The molecular weight excluding hydrogens is 1090 g/mol. The predicted molar refractivity (Wildman–Crippen MR) is 303 cm³/mol. The summed E-state index contributed by atoms with van der Waals surface area (Å²) in [5, 5.41) is 5.58. The molecule has 0 saturated heterocycles. The topological polar surface area (TPSA) is 309 Å². The van der Waals surface area contributed by atoms with Crippen molar-refractivity contribution in [2.45, 2.75) is 70.3 Å². The van der Waals surface area contributed by atoms with E-state index in [-0.39, 0.29) is 159 Å². The average Bonchev–Trinajstić information content (AvgIpc) is 3.48. The third-order valence-corrected chi connectivity index (χ3v) is 11.5. The zero-order chi connectivity index (χ0) is 60.5. The van der Waals surface area contributed by atoms with Crippen LogP contribution in [0, 0.1) is 0 Å². The van der Waals surface area contributed by atoms with Gasteiger partial charge in [0.1, 0.15) is 29.5 Å². The minimum Gasteiger partial charge on any atom is -0.486 e. The normalized spacial score (nSPS) is 12.1. The van der Waals surface area contributed by atoms with E-state index in [2.05, 4.69) is 10.6 Å². The fraction of sp³-hybridized carbons (Fsp3) is 0.789. The van der Waals surface area contributed by atoms with E-state index in [0.717, 1.165) is 0 Å². The number of methoxy groups -OCH3 is 3. The molecule has 26 nitrogen and oxygen atoms in total. The van der Waals surface area contributed by atoms with Gasteiger partial charge < -0.3 is 96.9 Å². The van der Waals surface area contributed by atoms with Gasteiger partial charge in [0.25, 0.3) is 0 Å². The van der Waals surface area contributed by atoms with Crippen molar-refractivity contribution in [3.63, 3.8) is 0 Å². The minimum absolute atomic E-state index is 0.00689. The van der Waals surface area contributed by atoms with E-state index in [1.54, 1.807) is 33.5 Å². The van der Waals surface area contributed by atoms with E-state index in [1.165, 1.54) is 13.0 Å². The van der Waals surface area contributed by atoms with Gasteiger partial charge >= 0.3 is 0 Å². The number of benzene rings is 1. The number of amides is 2. The highest BCUT2D eigenvalue weighted by atomic mass is 16.6. The summed E-state index contributed by atoms with van der Waals surface area (Å²) in [7, 11) is 4.79. The fourth-order valence-electron chi connectivity index (χ4n) is 7.05. The van der Waals surface area contributed by atoms with Gasteiger partial charge in [-0.25, -0.2) is 0 Å². The zero-order valence-corrected chi connectivity index (χ0v) is 50.0. The number of hydrogen-bond donors (Lipinski definition) is 3. The number of rotatable bonds is 64. The van der Waals surface area contributed by atoms with Gasteiger partial charge in [0, 0.05) is 110 Å². The number of nitrogen functional groups attached to an aromatic ring is 1. The van der Waals surface area contributed by atoms with Crippen molar-refractivity contribution in [3.8, 4) is 5.75 Å². The van der Waals surface area contributed by atoms with Gasteiger partial charge in [0.15, 0.2) is 11.6 Å². The number of carbonyl (C=O) groups excluding carboxylic acids is 6. The zero-order valence-electron chi connectivity index (χ0n) is 50.0. The first kappa shape index (κ1) is 76.8. The molecule has 0 aromatic heterocycles. The van der Waals surface area contributed by atoms with Crippen LogP contribution in [0.5, 0.6) is 5.75 Å². The number of nitrogens with two attached hydrogens (primary N) is 1. The number of Topliss-reactive ketones (excluding diaryl/α,β-unsaturated/α-hetero) is 4. The lowest BCUT2D eigenvalue weighted by molar-refractivity contribution is -0.156. The van der Waals surface area contributed by atoms with Gasteiger partial charge in [-0.15, -0.1) is 0 Å². The molecule has 0 aliphatic heterocycles. The molecule has 0 radical (unpaired) electrons. The summed E-state index contributed by atoms with van der Waals surface area (Å²) in [4.78, 5) is 75.8. The van der Waals surface area contributed by atoms with Gasteiger partial charge in [-0.3, -0.25) is 28.8 Å². The maximum Gasteiger partial charge on any atom is 0.222 e. The van der Waals surface area contributed by atoms with Gasteiger partial charge in [-0.1, -0.05) is 0 Å². The molecule has 26 heteroatoms. The Hall–Kier alpha value is -4.20. The summed E-state index contributed by atoms with van der Waals surface area (Å²) in [5.74, 6) is -0.662. The molecule has 4 N–H and O–H groups in total. The maximum absolute atomic E-state index is 13.7. The van der Waals surface area contributed by atoms with Crippen molar-refractivity contribution in [1.82, 2.24) is 10.6 Å². The minimum atomic E-state index is -1.40. The van der Waals surface area contributed by atoms with E-state index in [0.29, 0.717) is 155 Å². The quantitative estimate of drug-likeness (QED) is 0.0478. The average molecular weight is 1190 g/mol. The van der Waals surface area contributed by atoms with Crippen molar-refractivity contribution in [2.75, 3.05) is 232 Å². The van der Waals surface area contributed by atoms with E-state index in [1.807, 2.05) is 0 Å². The third-order valence-electron chi connectivity index (χ3n) is 11.5. The molecule has 0 heterocycles. The molecule has 83 heavy (non-hydrogen) atoms. The highest BCUT2D eigenvalue weighted by Gasteiger charge is 2.35. The van der Waals surface area contributed by atoms with Gasteiger partial charge in [-0.05, 0) is 31.9 Å². The summed E-state index contributed by atoms with van der Waals surface area (Å²) in [6.07, 6.45) is 1.52. The molecule has 2 amide bonds. The van der Waals surface area contributed by atoms with Crippen molar-refractivity contribution in [1.29, 1.82) is 0 Å². The molecule has 480 valence electrons. The molecule has 0 saturated carbocycles. The number of anilines is 1. The maximum atomic E-state index is 13.7. The number of ketones is 4. The van der Waals surface area contributed by atoms with Crippen LogP contribution in [-0.4, -0.2) is 267 Å². The monoisotopic (exact) mass is 1190 g/mol. The first-order valence-corrected chi connectivity index (χ1v) is 28.6. The van der Waals surface area contributed by atoms with E-state index in [9.17, 15) is 28.8 Å². The number of hydrogen-bond acceptors (Lipinski definition) is 24. The van der Waals surface area contributed by atoms with Crippen LogP contribution in [0.15, 0.2) is 18.2 Å². The molecule has 0 spiro atoms. The number of ether oxygens (including phenoxy) is 17. The lowest BCUT2D eigenvalue weighted by atomic mass is 9.96. The largest absolute Gasteiger partial charge is 0.486 e. The molecule has 1 aromatic carbocycles. The Labute approximate surface area is 490 Å². The Balaban J connectivity index is 2.68. The smallest absolute Gasteiger partial charge is 0.222 e. The highest BCUT2D eigenvalue weighted by Crippen LogP contribution is 2.22. The summed E-state index contributed by atoms with van der Waals surface area (Å²) < 4.78 is 93.9. The third kappa shape index (κ3) is 47.7. The first-order valence-electron chi connectivity index (χ1n) is 28.6. The second-order valence-electron chi connectivity index (χ2n) is 18.5. The second kappa shape index (κ2) is 55.7. The van der Waals surface area contributed by atoms with Gasteiger partial charge in [-0.2, -0.15) is 0 Å². The van der Waals surface area contributed by atoms with Crippen LogP contribution in [0.25, 0.3) is 0 Å². The van der Waals surface area contributed by atoms with E-state index >= 15 is 0 Å². The lowest BCUT2D eigenvalue weighted by Crippen LogP contribution is -2.46. The second-order valence-corrected chi connectivity index (χ2v) is 18.5. The van der Waals surface area contributed by atoms with Crippen molar-refractivity contribution in [3.05, 3.63) is 23.8 Å². The van der Waals surface area contributed by atoms with Crippen molar-refractivity contribution < 1.29 is 109 Å². The first-order chi connectivity index (χ1) is 40.4. The predicted octanol–water partition coefficient (Wildman–Crippen LogP) is 2.19. The van der Waals surface area contributed by atoms with E-state index in [4.69, 9.17) is 86.3 Å². The van der Waals surface area contributed by atoms with Crippen LogP contribution in [0.3, 0.4) is 0 Å². The molecule has 0 bridgehead atoms. The van der Waals surface area contributed by atoms with Crippen molar-refractivity contribution in [2.24, 2.45) is 0 Å². The molecule has 1 unspecified atom stereocenters.